The van der Waals surface area contributed by atoms with Crippen LogP contribution in [0, 0.1) is 0 Å². The summed E-state index contributed by atoms with van der Waals surface area (Å²) >= 11 is 3.23. The normalized spacial score (nSPS) is 16.6. The van der Waals surface area contributed by atoms with Gasteiger partial charge in [-0.1, -0.05) is 35.2 Å². The Morgan fingerprint density at radius 3 is 2.57 bits per heavy atom. The van der Waals surface area contributed by atoms with Crippen molar-refractivity contribution in [3.63, 3.8) is 0 Å². The fraction of sp³-hybridized carbons (Fsp3) is 0.500. The van der Waals surface area contributed by atoms with Crippen LogP contribution in [-0.4, -0.2) is 26.1 Å². The number of amides is 1. The van der Waals surface area contributed by atoms with Gasteiger partial charge in [-0.25, -0.2) is 8.42 Å². The fourth-order valence-corrected chi connectivity index (χ4v) is 4.23. The molecular weight excluding hydrogens is 356 g/mol. The highest BCUT2D eigenvalue weighted by atomic mass is 79.9. The molecule has 0 aromatic heterocycles. The van der Waals surface area contributed by atoms with Crippen LogP contribution < -0.4 is 11.1 Å². The van der Waals surface area contributed by atoms with E-state index in [9.17, 15) is 13.2 Å². The van der Waals surface area contributed by atoms with Gasteiger partial charge in [-0.15, -0.1) is 0 Å². The second-order valence-electron chi connectivity index (χ2n) is 5.34. The number of carbonyl (C=O) groups excluding carboxylic acids is 1. The van der Waals surface area contributed by atoms with E-state index in [2.05, 4.69) is 21.2 Å². The van der Waals surface area contributed by atoms with Gasteiger partial charge in [0, 0.05) is 10.5 Å². The number of halogens is 1. The monoisotopic (exact) mass is 374 g/mol. The summed E-state index contributed by atoms with van der Waals surface area (Å²) in [6, 6.07) is 4.64. The molecule has 1 aliphatic rings. The number of rotatable bonds is 4. The maximum atomic E-state index is 12.3. The Balaban J connectivity index is 2.04. The van der Waals surface area contributed by atoms with Crippen molar-refractivity contribution in [2.75, 3.05) is 11.5 Å². The molecule has 1 aromatic rings. The van der Waals surface area contributed by atoms with Crippen LogP contribution in [0.4, 0.5) is 5.69 Å². The largest absolute Gasteiger partial charge is 0.398 e. The highest BCUT2D eigenvalue weighted by molar-refractivity contribution is 9.10. The lowest BCUT2D eigenvalue weighted by molar-refractivity contribution is -0.119. The minimum atomic E-state index is -3.72. The van der Waals surface area contributed by atoms with Crippen LogP contribution >= 0.6 is 15.9 Å². The van der Waals surface area contributed by atoms with E-state index in [4.69, 9.17) is 5.73 Å². The smallest absolute Gasteiger partial charge is 0.235 e. The summed E-state index contributed by atoms with van der Waals surface area (Å²) in [5, 5.41) is 2.81. The molecule has 0 unspecified atom stereocenters. The third kappa shape index (κ3) is 4.44. The number of hydrogen-bond acceptors (Lipinski definition) is 4. The van der Waals surface area contributed by atoms with Gasteiger partial charge < -0.3 is 11.1 Å². The Morgan fingerprint density at radius 1 is 1.29 bits per heavy atom. The highest BCUT2D eigenvalue weighted by Crippen LogP contribution is 2.24. The molecule has 0 radical (unpaired) electrons. The second-order valence-corrected chi connectivity index (χ2v) is 8.22. The molecular formula is C14H19BrN2O3S. The van der Waals surface area contributed by atoms with E-state index >= 15 is 0 Å². The Kier molecular flexibility index (Phi) is 5.27. The van der Waals surface area contributed by atoms with E-state index in [-0.39, 0.29) is 16.6 Å². The van der Waals surface area contributed by atoms with E-state index in [1.807, 2.05) is 0 Å². The zero-order chi connectivity index (χ0) is 15.5. The predicted octanol–water partition coefficient (Wildman–Crippen LogP) is 2.25. The molecule has 0 atom stereocenters. The van der Waals surface area contributed by atoms with Gasteiger partial charge in [0.25, 0.3) is 0 Å². The third-order valence-corrected chi connectivity index (χ3v) is 5.78. The van der Waals surface area contributed by atoms with Crippen LogP contribution in [0.2, 0.25) is 0 Å². The van der Waals surface area contributed by atoms with Gasteiger partial charge in [0.05, 0.1) is 10.6 Å². The molecule has 0 heterocycles. The molecule has 116 valence electrons. The lowest BCUT2D eigenvalue weighted by Crippen LogP contribution is -2.39. The molecule has 3 N–H and O–H groups in total. The maximum absolute atomic E-state index is 12.3. The maximum Gasteiger partial charge on any atom is 0.235 e. The summed E-state index contributed by atoms with van der Waals surface area (Å²) in [6.45, 7) is 0. The Morgan fingerprint density at radius 2 is 1.95 bits per heavy atom. The van der Waals surface area contributed by atoms with Crippen molar-refractivity contribution in [3.05, 3.63) is 22.7 Å². The number of nitrogens with two attached hydrogens (primary N) is 1. The molecule has 1 amide bonds. The van der Waals surface area contributed by atoms with Crippen molar-refractivity contribution in [1.82, 2.24) is 5.32 Å². The first-order valence-corrected chi connectivity index (χ1v) is 9.40. The van der Waals surface area contributed by atoms with Crippen LogP contribution in [0.15, 0.2) is 27.6 Å². The van der Waals surface area contributed by atoms with E-state index in [0.717, 1.165) is 25.7 Å². The lowest BCUT2D eigenvalue weighted by atomic mass is 9.95. The molecule has 1 fully saturated rings. The van der Waals surface area contributed by atoms with Crippen LogP contribution in [0.25, 0.3) is 0 Å². The third-order valence-electron chi connectivity index (χ3n) is 3.60. The molecule has 1 aliphatic carbocycles. The molecule has 5 nitrogen and oxygen atoms in total. The summed E-state index contributed by atoms with van der Waals surface area (Å²) in [6.07, 6.45) is 5.19. The standard InChI is InChI=1S/C14H19BrN2O3S/c15-10-6-7-13(12(16)8-10)21(19,20)9-14(18)17-11-4-2-1-3-5-11/h6-8,11H,1-5,9,16H2,(H,17,18). The van der Waals surface area contributed by atoms with Crippen LogP contribution in [0.1, 0.15) is 32.1 Å². The summed E-state index contributed by atoms with van der Waals surface area (Å²) in [7, 11) is -3.72. The first kappa shape index (κ1) is 16.3. The van der Waals surface area contributed by atoms with Gasteiger partial charge >= 0.3 is 0 Å². The molecule has 21 heavy (non-hydrogen) atoms. The second kappa shape index (κ2) is 6.79. The van der Waals surface area contributed by atoms with Crippen molar-refractivity contribution in [3.8, 4) is 0 Å². The number of anilines is 1. The average molecular weight is 375 g/mol. The van der Waals surface area contributed by atoms with Crippen molar-refractivity contribution in [2.45, 2.75) is 43.0 Å². The van der Waals surface area contributed by atoms with Crippen LogP contribution in [0.5, 0.6) is 0 Å². The van der Waals surface area contributed by atoms with Gasteiger partial charge in [0.15, 0.2) is 9.84 Å². The molecule has 7 heteroatoms. The zero-order valence-corrected chi connectivity index (χ0v) is 14.0. The number of carbonyl (C=O) groups is 1. The van der Waals surface area contributed by atoms with Crippen LogP contribution in [-0.2, 0) is 14.6 Å². The number of nitrogen functional groups attached to an aromatic ring is 1. The lowest BCUT2D eigenvalue weighted by Gasteiger charge is -2.22. The molecule has 1 saturated carbocycles. The van der Waals surface area contributed by atoms with E-state index < -0.39 is 21.5 Å². The Bertz CT molecular complexity index is 625. The SMILES string of the molecule is Nc1cc(Br)ccc1S(=O)(=O)CC(=O)NC1CCCCC1. The molecule has 0 saturated heterocycles. The van der Waals surface area contributed by atoms with Crippen molar-refractivity contribution < 1.29 is 13.2 Å². The predicted molar refractivity (Wildman–Crippen MR) is 85.6 cm³/mol. The number of hydrogen-bond donors (Lipinski definition) is 2. The Hall–Kier alpha value is -1.08. The summed E-state index contributed by atoms with van der Waals surface area (Å²) in [5.74, 6) is -1.01. The number of benzene rings is 1. The van der Waals surface area contributed by atoms with E-state index in [1.54, 1.807) is 6.07 Å². The van der Waals surface area contributed by atoms with Gasteiger partial charge in [0.1, 0.15) is 5.75 Å². The topological polar surface area (TPSA) is 89.3 Å². The first-order valence-electron chi connectivity index (χ1n) is 6.95. The minimum Gasteiger partial charge on any atom is -0.398 e. The van der Waals surface area contributed by atoms with Gasteiger partial charge in [-0.2, -0.15) is 0 Å². The van der Waals surface area contributed by atoms with Gasteiger partial charge in [0.2, 0.25) is 5.91 Å². The summed E-state index contributed by atoms with van der Waals surface area (Å²) in [4.78, 5) is 11.9. The highest BCUT2D eigenvalue weighted by Gasteiger charge is 2.24. The van der Waals surface area contributed by atoms with Crippen molar-refractivity contribution in [1.29, 1.82) is 0 Å². The summed E-state index contributed by atoms with van der Waals surface area (Å²) < 4.78 is 25.2. The number of sulfone groups is 1. The molecule has 2 rings (SSSR count). The molecule has 0 spiro atoms. The first-order chi connectivity index (χ1) is 9.88. The van der Waals surface area contributed by atoms with Crippen molar-refractivity contribution >= 4 is 37.4 Å². The van der Waals surface area contributed by atoms with Crippen molar-refractivity contribution in [2.24, 2.45) is 0 Å². The quantitative estimate of drug-likeness (QED) is 0.790. The number of nitrogens with one attached hydrogen (secondary N) is 1. The van der Waals surface area contributed by atoms with Crippen LogP contribution in [0.3, 0.4) is 0 Å². The summed E-state index contributed by atoms with van der Waals surface area (Å²) in [5.41, 5.74) is 5.87. The van der Waals surface area contributed by atoms with Gasteiger partial charge in [-0.3, -0.25) is 4.79 Å². The molecule has 0 bridgehead atoms. The van der Waals surface area contributed by atoms with E-state index in [0.29, 0.717) is 4.47 Å². The molecule has 1 aromatic carbocycles. The minimum absolute atomic E-state index is 0.00416. The molecule has 0 aliphatic heterocycles. The fourth-order valence-electron chi connectivity index (χ4n) is 2.57. The van der Waals surface area contributed by atoms with E-state index in [1.165, 1.54) is 18.6 Å². The average Bonchev–Trinajstić information content (AvgIpc) is 2.38. The zero-order valence-electron chi connectivity index (χ0n) is 11.6. The van der Waals surface area contributed by atoms with Gasteiger partial charge in [-0.05, 0) is 31.0 Å². The Labute approximate surface area is 133 Å².